The molecule has 3 aliphatic heterocycles. The van der Waals surface area contributed by atoms with Gasteiger partial charge in [0.2, 0.25) is 5.95 Å². The highest BCUT2D eigenvalue weighted by Crippen LogP contribution is 2.42. The Morgan fingerprint density at radius 3 is 2.62 bits per heavy atom. The van der Waals surface area contributed by atoms with Crippen LogP contribution in [0.2, 0.25) is 0 Å². The van der Waals surface area contributed by atoms with Crippen LogP contribution in [0.3, 0.4) is 0 Å². The van der Waals surface area contributed by atoms with Crippen molar-refractivity contribution in [3.05, 3.63) is 88.2 Å². The minimum atomic E-state index is -0.424. The smallest absolute Gasteiger partial charge is 0.263 e. The van der Waals surface area contributed by atoms with Crippen LogP contribution in [-0.4, -0.2) is 61.3 Å². The third kappa shape index (κ3) is 4.90. The number of aromatic nitrogens is 5. The van der Waals surface area contributed by atoms with Crippen LogP contribution in [0.5, 0.6) is 0 Å². The second-order valence-electron chi connectivity index (χ2n) is 11.2. The first kappa shape index (κ1) is 26.3. The predicted molar refractivity (Wildman–Crippen MR) is 160 cm³/mol. The predicted octanol–water partition coefficient (Wildman–Crippen LogP) is 4.30. The number of piperidine rings is 3. The van der Waals surface area contributed by atoms with Crippen molar-refractivity contribution in [3.8, 4) is 11.5 Å². The zero-order chi connectivity index (χ0) is 28.7. The molecule has 4 N–H and O–H groups in total. The molecule has 214 valence electrons. The molecule has 2 aromatic carbocycles. The summed E-state index contributed by atoms with van der Waals surface area (Å²) in [6.45, 7) is 4.86. The number of aliphatic hydroxyl groups is 1. The Kier molecular flexibility index (Phi) is 6.67. The minimum absolute atomic E-state index is 0.0553. The fourth-order valence-electron chi connectivity index (χ4n) is 6.12. The van der Waals surface area contributed by atoms with Crippen molar-refractivity contribution in [3.63, 3.8) is 0 Å². The van der Waals surface area contributed by atoms with E-state index < -0.39 is 6.04 Å². The second kappa shape index (κ2) is 10.7. The van der Waals surface area contributed by atoms with Crippen molar-refractivity contribution in [2.75, 3.05) is 36.9 Å². The molecule has 5 aromatic rings. The number of fused-ring (bicyclic) bond motifs is 4. The Balaban J connectivity index is 1.24. The molecule has 11 heteroatoms. The number of benzene rings is 2. The molecule has 11 nitrogen and oxygen atoms in total. The Bertz CT molecular complexity index is 1780. The fraction of sp³-hybridized carbons (Fsp3) is 0.323. The molecule has 6 heterocycles. The Morgan fingerprint density at radius 1 is 1.07 bits per heavy atom. The summed E-state index contributed by atoms with van der Waals surface area (Å²) in [5, 5.41) is 22.8. The van der Waals surface area contributed by atoms with E-state index in [-0.39, 0.29) is 17.6 Å². The number of aryl methyl sites for hydroxylation is 1. The molecule has 0 spiro atoms. The van der Waals surface area contributed by atoms with Gasteiger partial charge in [-0.3, -0.25) is 4.79 Å². The molecule has 3 aliphatic rings. The lowest BCUT2D eigenvalue weighted by Gasteiger charge is -2.46. The van der Waals surface area contributed by atoms with Gasteiger partial charge in [-0.2, -0.15) is 9.97 Å². The number of anilines is 3. The molecule has 42 heavy (non-hydrogen) atoms. The van der Waals surface area contributed by atoms with Gasteiger partial charge in [0.15, 0.2) is 5.82 Å². The molecule has 3 fully saturated rings. The Labute approximate surface area is 242 Å². The Hall–Kier alpha value is -4.61. The van der Waals surface area contributed by atoms with Gasteiger partial charge in [-0.25, -0.2) is 4.98 Å². The maximum atomic E-state index is 12.3. The molecule has 0 radical (unpaired) electrons. The van der Waals surface area contributed by atoms with Gasteiger partial charge in [0.1, 0.15) is 11.4 Å². The fourth-order valence-corrected chi connectivity index (χ4v) is 6.12. The van der Waals surface area contributed by atoms with Crippen molar-refractivity contribution >= 4 is 28.2 Å². The maximum absolute atomic E-state index is 12.3. The zero-order valence-electron chi connectivity index (χ0n) is 23.3. The van der Waals surface area contributed by atoms with Crippen LogP contribution in [0.1, 0.15) is 42.4 Å². The van der Waals surface area contributed by atoms with E-state index in [1.807, 2.05) is 55.5 Å². The summed E-state index contributed by atoms with van der Waals surface area (Å²) in [5.41, 5.74) is 2.80. The van der Waals surface area contributed by atoms with Gasteiger partial charge in [-0.05, 0) is 81.0 Å². The Morgan fingerprint density at radius 2 is 1.86 bits per heavy atom. The quantitative estimate of drug-likeness (QED) is 0.215. The minimum Gasteiger partial charge on any atom is -0.394 e. The zero-order valence-corrected chi connectivity index (χ0v) is 23.3. The average Bonchev–Trinajstić information content (AvgIpc) is 3.52. The van der Waals surface area contributed by atoms with Crippen LogP contribution < -0.4 is 16.2 Å². The van der Waals surface area contributed by atoms with Crippen molar-refractivity contribution in [1.29, 1.82) is 0 Å². The van der Waals surface area contributed by atoms with Crippen LogP contribution >= 0.6 is 0 Å². The van der Waals surface area contributed by atoms with E-state index in [1.54, 1.807) is 12.3 Å². The summed E-state index contributed by atoms with van der Waals surface area (Å²) in [6.07, 6.45) is 4.72. The molecule has 2 bridgehead atoms. The van der Waals surface area contributed by atoms with Gasteiger partial charge in [0, 0.05) is 28.4 Å². The lowest BCUT2D eigenvalue weighted by atomic mass is 9.71. The van der Waals surface area contributed by atoms with Gasteiger partial charge in [-0.1, -0.05) is 35.5 Å². The van der Waals surface area contributed by atoms with Crippen LogP contribution in [0.15, 0.2) is 70.1 Å². The molecule has 3 aromatic heterocycles. The van der Waals surface area contributed by atoms with Gasteiger partial charge >= 0.3 is 0 Å². The summed E-state index contributed by atoms with van der Waals surface area (Å²) in [4.78, 5) is 31.9. The number of hydrogen-bond donors (Lipinski definition) is 4. The first-order chi connectivity index (χ1) is 20.5. The van der Waals surface area contributed by atoms with Crippen LogP contribution in [0.4, 0.5) is 17.5 Å². The van der Waals surface area contributed by atoms with E-state index in [4.69, 9.17) is 14.5 Å². The number of aliphatic hydroxyl groups excluding tert-OH is 1. The molecular weight excluding hydrogens is 532 g/mol. The first-order valence-corrected chi connectivity index (χ1v) is 14.3. The number of pyridine rings is 1. The molecule has 0 unspecified atom stereocenters. The third-order valence-corrected chi connectivity index (χ3v) is 8.57. The standard InChI is InChI=1S/C31H32N8O3/c1-19-15-21-16-22(7-8-23(21)27(41)33-19)34-30-32-17-24(26(36-30)35-25(18-40)20-5-3-2-4-6-20)28-37-29(38-42-28)31-9-12-39(13-10-31)14-11-31/h2-8,15-17,25,40H,9-14,18H2,1H3,(H,33,41)(H2,32,34,35,36)/t25-/m1/s1. The van der Waals surface area contributed by atoms with Crippen molar-refractivity contribution in [1.82, 2.24) is 30.0 Å². The lowest BCUT2D eigenvalue weighted by Crippen LogP contribution is -2.51. The molecule has 0 saturated carbocycles. The average molecular weight is 565 g/mol. The summed E-state index contributed by atoms with van der Waals surface area (Å²) < 4.78 is 5.83. The summed E-state index contributed by atoms with van der Waals surface area (Å²) in [5.74, 6) is 1.87. The number of rotatable bonds is 8. The number of nitrogens with zero attached hydrogens (tertiary/aromatic N) is 5. The van der Waals surface area contributed by atoms with Crippen molar-refractivity contribution < 1.29 is 9.63 Å². The lowest BCUT2D eigenvalue weighted by molar-refractivity contribution is 0.0747. The molecule has 0 amide bonds. The maximum Gasteiger partial charge on any atom is 0.263 e. The van der Waals surface area contributed by atoms with E-state index in [9.17, 15) is 9.90 Å². The van der Waals surface area contributed by atoms with E-state index in [2.05, 4.69) is 30.7 Å². The molecule has 3 saturated heterocycles. The summed E-state index contributed by atoms with van der Waals surface area (Å²) in [7, 11) is 0. The molecular formula is C31H32N8O3. The van der Waals surface area contributed by atoms with Gasteiger partial charge in [0.05, 0.1) is 12.6 Å². The van der Waals surface area contributed by atoms with E-state index >= 15 is 0 Å². The normalized spacial score (nSPS) is 20.5. The van der Waals surface area contributed by atoms with Crippen molar-refractivity contribution in [2.24, 2.45) is 0 Å². The van der Waals surface area contributed by atoms with Gasteiger partial charge < -0.3 is 30.1 Å². The number of nitrogens with one attached hydrogen (secondary N) is 3. The first-order valence-electron chi connectivity index (χ1n) is 14.3. The second-order valence-corrected chi connectivity index (χ2v) is 11.2. The van der Waals surface area contributed by atoms with Crippen LogP contribution in [-0.2, 0) is 5.41 Å². The van der Waals surface area contributed by atoms with Gasteiger partial charge in [0.25, 0.3) is 11.4 Å². The highest BCUT2D eigenvalue weighted by molar-refractivity contribution is 5.86. The molecule has 1 atom stereocenters. The van der Waals surface area contributed by atoms with Crippen LogP contribution in [0, 0.1) is 6.92 Å². The largest absolute Gasteiger partial charge is 0.394 e. The monoisotopic (exact) mass is 564 g/mol. The van der Waals surface area contributed by atoms with E-state index in [1.165, 1.54) is 0 Å². The highest BCUT2D eigenvalue weighted by atomic mass is 16.5. The highest BCUT2D eigenvalue weighted by Gasteiger charge is 2.44. The third-order valence-electron chi connectivity index (χ3n) is 8.57. The number of aromatic amines is 1. The summed E-state index contributed by atoms with van der Waals surface area (Å²) >= 11 is 0. The molecule has 0 aliphatic carbocycles. The van der Waals surface area contributed by atoms with E-state index in [0.717, 1.165) is 67.1 Å². The molecule has 8 rings (SSSR count). The number of hydrogen-bond acceptors (Lipinski definition) is 10. The van der Waals surface area contributed by atoms with E-state index in [0.29, 0.717) is 28.6 Å². The van der Waals surface area contributed by atoms with Gasteiger partial charge in [-0.15, -0.1) is 0 Å². The summed E-state index contributed by atoms with van der Waals surface area (Å²) in [6, 6.07) is 16.7. The topological polar surface area (TPSA) is 145 Å². The van der Waals surface area contributed by atoms with Crippen molar-refractivity contribution in [2.45, 2.75) is 37.6 Å². The SMILES string of the molecule is Cc1cc2cc(Nc3ncc(-c4nc(C56CCN(CC5)CC6)no4)c(N[C@H](CO)c4ccccc4)n3)ccc2c(=O)[nH]1. The van der Waals surface area contributed by atoms with Crippen LogP contribution in [0.25, 0.3) is 22.2 Å². The number of H-pyrrole nitrogens is 1.